The van der Waals surface area contributed by atoms with E-state index in [-0.39, 0.29) is 12.4 Å². The van der Waals surface area contributed by atoms with Crippen LogP contribution in [0.1, 0.15) is 54.2 Å². The molecule has 0 spiro atoms. The third-order valence-corrected chi connectivity index (χ3v) is 11.1. The van der Waals surface area contributed by atoms with E-state index in [1.807, 2.05) is 97.1 Å². The van der Waals surface area contributed by atoms with E-state index in [4.69, 9.17) is 18.9 Å². The van der Waals surface area contributed by atoms with Crippen molar-refractivity contribution >= 4 is 9.84 Å². The van der Waals surface area contributed by atoms with E-state index in [1.54, 1.807) is 6.07 Å². The maximum atomic E-state index is 13.9. The summed E-state index contributed by atoms with van der Waals surface area (Å²) in [5, 5.41) is 0. The summed E-state index contributed by atoms with van der Waals surface area (Å²) in [5.74, 6) is -0.0400. The monoisotopic (exact) mass is 640 g/mol. The highest BCUT2D eigenvalue weighted by molar-refractivity contribution is 7.91. The van der Waals surface area contributed by atoms with Crippen molar-refractivity contribution in [3.63, 3.8) is 0 Å². The van der Waals surface area contributed by atoms with Gasteiger partial charge in [0.2, 0.25) is 0 Å². The zero-order chi connectivity index (χ0) is 31.9. The van der Waals surface area contributed by atoms with Gasteiger partial charge < -0.3 is 18.9 Å². The van der Waals surface area contributed by atoms with Gasteiger partial charge in [-0.05, 0) is 40.7 Å². The molecule has 1 saturated heterocycles. The van der Waals surface area contributed by atoms with Crippen molar-refractivity contribution < 1.29 is 27.4 Å². The van der Waals surface area contributed by atoms with Crippen molar-refractivity contribution in [2.75, 3.05) is 12.4 Å². The van der Waals surface area contributed by atoms with Crippen LogP contribution in [0.5, 0.6) is 0 Å². The summed E-state index contributed by atoms with van der Waals surface area (Å²) in [7, 11) is -3.59. The molecule has 0 N–H and O–H groups in total. The van der Waals surface area contributed by atoms with E-state index in [9.17, 15) is 8.42 Å². The van der Waals surface area contributed by atoms with Gasteiger partial charge >= 0.3 is 0 Å². The van der Waals surface area contributed by atoms with Crippen molar-refractivity contribution in [2.24, 2.45) is 11.8 Å². The first kappa shape index (κ1) is 32.6. The molecular weight excluding hydrogens is 596 g/mol. The molecule has 4 aromatic carbocycles. The Labute approximate surface area is 273 Å². The molecule has 1 unspecified atom stereocenters. The number of rotatable bonds is 13. The molecular formula is C39H44O6S. The first-order valence-electron chi connectivity index (χ1n) is 16.3. The minimum absolute atomic E-state index is 0.0718. The van der Waals surface area contributed by atoms with Crippen molar-refractivity contribution in [1.82, 2.24) is 0 Å². The Morgan fingerprint density at radius 3 is 1.89 bits per heavy atom. The molecule has 0 aliphatic carbocycles. The highest BCUT2D eigenvalue weighted by Gasteiger charge is 2.52. The summed E-state index contributed by atoms with van der Waals surface area (Å²) < 4.78 is 54.3. The Bertz CT molecular complexity index is 1640. The SMILES string of the molecule is CCC(C)Cc1ccc2c(c1)[C@H]1O[C@H](COCc3ccccc3)[C@@H](OCc3ccccc3)[C@H](OCc3ccccc3)[C@H]1CS2(=O)=O. The smallest absolute Gasteiger partial charge is 0.179 e. The van der Waals surface area contributed by atoms with Gasteiger partial charge in [-0.15, -0.1) is 0 Å². The summed E-state index contributed by atoms with van der Waals surface area (Å²) >= 11 is 0. The lowest BCUT2D eigenvalue weighted by Gasteiger charge is -2.48. The quantitative estimate of drug-likeness (QED) is 0.151. The van der Waals surface area contributed by atoms with Crippen LogP contribution in [0, 0.1) is 11.8 Å². The lowest BCUT2D eigenvalue weighted by atomic mass is 9.83. The number of benzene rings is 4. The molecule has 7 heteroatoms. The normalized spacial score (nSPS) is 24.1. The molecule has 6 rings (SSSR count). The Morgan fingerprint density at radius 1 is 0.739 bits per heavy atom. The second-order valence-corrected chi connectivity index (χ2v) is 14.7. The standard InChI is InChI=1S/C39H44O6S/c1-3-28(2)21-32-19-20-36-33(22-32)37-34(27-46(36,40)41)38(43-24-30-15-9-5-10-16-30)39(44-25-31-17-11-6-12-18-31)35(45-37)26-42-23-29-13-7-4-8-14-29/h4-20,22,28,34-35,37-39H,3,21,23-27H2,1-2H3/t28?,34-,35+,37+,38+,39+/m0/s1. The molecule has 46 heavy (non-hydrogen) atoms. The third-order valence-electron chi connectivity index (χ3n) is 9.20. The maximum Gasteiger partial charge on any atom is 0.179 e. The lowest BCUT2D eigenvalue weighted by molar-refractivity contribution is -0.245. The Balaban J connectivity index is 1.36. The van der Waals surface area contributed by atoms with Crippen LogP contribution in [0.15, 0.2) is 114 Å². The molecule has 0 aromatic heterocycles. The van der Waals surface area contributed by atoms with Crippen molar-refractivity contribution in [3.8, 4) is 0 Å². The van der Waals surface area contributed by atoms with E-state index in [0.717, 1.165) is 40.7 Å². The van der Waals surface area contributed by atoms with Crippen LogP contribution >= 0.6 is 0 Å². The Morgan fingerprint density at radius 2 is 1.30 bits per heavy atom. The maximum absolute atomic E-state index is 13.9. The van der Waals surface area contributed by atoms with Gasteiger partial charge in [-0.25, -0.2) is 8.42 Å². The highest BCUT2D eigenvalue weighted by Crippen LogP contribution is 2.47. The van der Waals surface area contributed by atoms with Gasteiger partial charge in [0.1, 0.15) is 12.2 Å². The van der Waals surface area contributed by atoms with Crippen LogP contribution in [-0.4, -0.2) is 39.1 Å². The summed E-state index contributed by atoms with van der Waals surface area (Å²) in [6.07, 6.45) is -0.134. The fourth-order valence-corrected chi connectivity index (χ4v) is 8.42. The molecule has 6 atom stereocenters. The number of hydrogen-bond acceptors (Lipinski definition) is 6. The summed E-state index contributed by atoms with van der Waals surface area (Å²) in [6.45, 7) is 5.78. The molecule has 2 aliphatic heterocycles. The number of hydrogen-bond donors (Lipinski definition) is 0. The van der Waals surface area contributed by atoms with Crippen LogP contribution in [-0.2, 0) is 55.0 Å². The lowest BCUT2D eigenvalue weighted by Crippen LogP contribution is -2.57. The number of fused-ring (bicyclic) bond motifs is 3. The Kier molecular flexibility index (Phi) is 10.7. The average Bonchev–Trinajstić information content (AvgIpc) is 3.08. The van der Waals surface area contributed by atoms with Gasteiger partial charge in [-0.3, -0.25) is 0 Å². The molecule has 2 aliphatic rings. The molecule has 0 radical (unpaired) electrons. The molecule has 0 bridgehead atoms. The van der Waals surface area contributed by atoms with E-state index >= 15 is 0 Å². The molecule has 6 nitrogen and oxygen atoms in total. The topological polar surface area (TPSA) is 71.1 Å². The second kappa shape index (κ2) is 15.1. The zero-order valence-electron chi connectivity index (χ0n) is 26.7. The first-order chi connectivity index (χ1) is 22.4. The fraction of sp³-hybridized carbons (Fsp3) is 0.385. The molecule has 0 amide bonds. The van der Waals surface area contributed by atoms with Gasteiger partial charge in [0, 0.05) is 11.5 Å². The Hall–Kier alpha value is -3.33. The van der Waals surface area contributed by atoms with E-state index in [1.165, 1.54) is 0 Å². The second-order valence-electron chi connectivity index (χ2n) is 12.7. The predicted octanol–water partition coefficient (Wildman–Crippen LogP) is 7.51. The van der Waals surface area contributed by atoms with Crippen LogP contribution in [0.3, 0.4) is 0 Å². The molecule has 4 aromatic rings. The highest BCUT2D eigenvalue weighted by atomic mass is 32.2. The fourth-order valence-electron chi connectivity index (χ4n) is 6.56. The van der Waals surface area contributed by atoms with E-state index in [0.29, 0.717) is 30.6 Å². The predicted molar refractivity (Wildman–Crippen MR) is 179 cm³/mol. The number of ether oxygens (including phenoxy) is 4. The van der Waals surface area contributed by atoms with Gasteiger partial charge in [0.25, 0.3) is 0 Å². The van der Waals surface area contributed by atoms with Crippen molar-refractivity contribution in [2.45, 2.75) is 75.8 Å². The summed E-state index contributed by atoms with van der Waals surface area (Å²) in [4.78, 5) is 0.357. The first-order valence-corrected chi connectivity index (χ1v) is 18.0. The van der Waals surface area contributed by atoms with Gasteiger partial charge in [0.05, 0.1) is 49.3 Å². The van der Waals surface area contributed by atoms with Gasteiger partial charge in [-0.1, -0.05) is 123 Å². The molecule has 0 saturated carbocycles. The van der Waals surface area contributed by atoms with Crippen LogP contribution in [0.25, 0.3) is 0 Å². The van der Waals surface area contributed by atoms with Gasteiger partial charge in [-0.2, -0.15) is 0 Å². The van der Waals surface area contributed by atoms with Crippen LogP contribution < -0.4 is 0 Å². The minimum Gasteiger partial charge on any atom is -0.374 e. The minimum atomic E-state index is -3.59. The summed E-state index contributed by atoms with van der Waals surface area (Å²) in [5.41, 5.74) is 4.94. The van der Waals surface area contributed by atoms with E-state index < -0.39 is 40.2 Å². The van der Waals surface area contributed by atoms with Gasteiger partial charge in [0.15, 0.2) is 9.84 Å². The van der Waals surface area contributed by atoms with Crippen LogP contribution in [0.4, 0.5) is 0 Å². The molecule has 1 fully saturated rings. The average molecular weight is 641 g/mol. The zero-order valence-corrected chi connectivity index (χ0v) is 27.5. The van der Waals surface area contributed by atoms with Crippen molar-refractivity contribution in [3.05, 3.63) is 137 Å². The third kappa shape index (κ3) is 7.79. The number of sulfone groups is 1. The summed E-state index contributed by atoms with van der Waals surface area (Å²) in [6, 6.07) is 35.8. The van der Waals surface area contributed by atoms with Crippen LogP contribution in [0.2, 0.25) is 0 Å². The molecule has 242 valence electrons. The van der Waals surface area contributed by atoms with Crippen molar-refractivity contribution in [1.29, 1.82) is 0 Å². The largest absolute Gasteiger partial charge is 0.374 e. The van der Waals surface area contributed by atoms with E-state index in [2.05, 4.69) is 19.9 Å². The molecule has 2 heterocycles.